The Morgan fingerprint density at radius 3 is 2.57 bits per heavy atom. The monoisotopic (exact) mass is 312 g/mol. The van der Waals surface area contributed by atoms with E-state index in [2.05, 4.69) is 10.3 Å². The van der Waals surface area contributed by atoms with Crippen molar-refractivity contribution in [1.82, 2.24) is 10.3 Å². The molecule has 0 saturated heterocycles. The van der Waals surface area contributed by atoms with Crippen molar-refractivity contribution in [3.8, 4) is 0 Å². The fraction of sp³-hybridized carbons (Fsp3) is 0.533. The molecular weight excluding hydrogens is 292 g/mol. The molecule has 0 aliphatic rings. The van der Waals surface area contributed by atoms with Gasteiger partial charge >= 0.3 is 5.97 Å². The predicted octanol–water partition coefficient (Wildman–Crippen LogP) is 2.61. The molecule has 2 unspecified atom stereocenters. The van der Waals surface area contributed by atoms with Crippen molar-refractivity contribution in [2.24, 2.45) is 5.92 Å². The molecule has 0 radical (unpaired) electrons. The van der Waals surface area contributed by atoms with E-state index in [9.17, 15) is 9.59 Å². The molecule has 116 valence electrons. The summed E-state index contributed by atoms with van der Waals surface area (Å²) in [5.74, 6) is -0.831. The zero-order valence-corrected chi connectivity index (χ0v) is 13.5. The number of nitrogens with zero attached hydrogens (tertiary/aromatic N) is 1. The molecule has 5 nitrogen and oxygen atoms in total. The Kier molecular flexibility index (Phi) is 6.62. The standard InChI is InChI=1S/C15H21ClN2O3/c1-5-9(3)13(15(20)21-4)18-14(19)10-7-11(6-2)17-12(16)8-10/h7-9,13H,5-6H2,1-4H3,(H,18,19). The molecule has 1 aromatic heterocycles. The number of methoxy groups -OCH3 is 1. The molecule has 21 heavy (non-hydrogen) atoms. The Balaban J connectivity index is 2.96. The van der Waals surface area contributed by atoms with Gasteiger partial charge in [0.25, 0.3) is 5.91 Å². The van der Waals surface area contributed by atoms with E-state index in [1.54, 1.807) is 6.07 Å². The van der Waals surface area contributed by atoms with Crippen molar-refractivity contribution in [3.05, 3.63) is 28.5 Å². The third-order valence-electron chi connectivity index (χ3n) is 3.43. The summed E-state index contributed by atoms with van der Waals surface area (Å²) in [5.41, 5.74) is 1.12. The number of aromatic nitrogens is 1. The zero-order chi connectivity index (χ0) is 16.0. The van der Waals surface area contributed by atoms with Crippen molar-refractivity contribution in [2.45, 2.75) is 39.7 Å². The Labute approximate surface area is 130 Å². The van der Waals surface area contributed by atoms with Gasteiger partial charge in [-0.25, -0.2) is 9.78 Å². The van der Waals surface area contributed by atoms with Crippen LogP contribution < -0.4 is 5.32 Å². The highest BCUT2D eigenvalue weighted by molar-refractivity contribution is 6.29. The van der Waals surface area contributed by atoms with E-state index in [1.165, 1.54) is 13.2 Å². The van der Waals surface area contributed by atoms with Gasteiger partial charge < -0.3 is 10.1 Å². The van der Waals surface area contributed by atoms with Gasteiger partial charge in [-0.05, 0) is 24.5 Å². The Morgan fingerprint density at radius 1 is 1.38 bits per heavy atom. The van der Waals surface area contributed by atoms with Crippen LogP contribution in [-0.4, -0.2) is 30.0 Å². The second kappa shape index (κ2) is 7.98. The lowest BCUT2D eigenvalue weighted by Crippen LogP contribution is -2.45. The molecule has 0 aliphatic heterocycles. The van der Waals surface area contributed by atoms with Crippen molar-refractivity contribution >= 4 is 23.5 Å². The second-order valence-corrected chi connectivity index (χ2v) is 5.27. The molecule has 2 atom stereocenters. The van der Waals surface area contributed by atoms with E-state index < -0.39 is 12.0 Å². The highest BCUT2D eigenvalue weighted by Gasteiger charge is 2.27. The van der Waals surface area contributed by atoms with Crippen LogP contribution in [-0.2, 0) is 16.0 Å². The third kappa shape index (κ3) is 4.70. The van der Waals surface area contributed by atoms with E-state index >= 15 is 0 Å². The number of hydrogen-bond donors (Lipinski definition) is 1. The van der Waals surface area contributed by atoms with Gasteiger partial charge in [0.1, 0.15) is 11.2 Å². The topological polar surface area (TPSA) is 68.3 Å². The maximum Gasteiger partial charge on any atom is 0.328 e. The Hall–Kier alpha value is -1.62. The van der Waals surface area contributed by atoms with Crippen molar-refractivity contribution in [1.29, 1.82) is 0 Å². The first-order valence-corrected chi connectivity index (χ1v) is 7.35. The first-order valence-electron chi connectivity index (χ1n) is 6.98. The minimum Gasteiger partial charge on any atom is -0.467 e. The van der Waals surface area contributed by atoms with Crippen LogP contribution in [0.2, 0.25) is 5.15 Å². The minimum atomic E-state index is -0.676. The van der Waals surface area contributed by atoms with Crippen LogP contribution >= 0.6 is 11.6 Å². The average Bonchev–Trinajstić information content (AvgIpc) is 2.49. The zero-order valence-electron chi connectivity index (χ0n) is 12.8. The van der Waals surface area contributed by atoms with Crippen molar-refractivity contribution in [3.63, 3.8) is 0 Å². The summed E-state index contributed by atoms with van der Waals surface area (Å²) in [6.45, 7) is 5.76. The number of aryl methyl sites for hydroxylation is 1. The van der Waals surface area contributed by atoms with Gasteiger partial charge in [0.05, 0.1) is 7.11 Å². The fourth-order valence-electron chi connectivity index (χ4n) is 1.88. The Morgan fingerprint density at radius 2 is 2.05 bits per heavy atom. The van der Waals surface area contributed by atoms with Crippen LogP contribution in [0.25, 0.3) is 0 Å². The summed E-state index contributed by atoms with van der Waals surface area (Å²) in [5, 5.41) is 2.98. The van der Waals surface area contributed by atoms with E-state index in [0.29, 0.717) is 12.0 Å². The summed E-state index contributed by atoms with van der Waals surface area (Å²) < 4.78 is 4.75. The van der Waals surface area contributed by atoms with E-state index in [0.717, 1.165) is 12.1 Å². The van der Waals surface area contributed by atoms with E-state index in [-0.39, 0.29) is 17.0 Å². The van der Waals surface area contributed by atoms with Crippen LogP contribution in [0, 0.1) is 5.92 Å². The molecule has 6 heteroatoms. The number of hydrogen-bond acceptors (Lipinski definition) is 4. The maximum absolute atomic E-state index is 12.3. The van der Waals surface area contributed by atoms with Crippen LogP contribution in [0.15, 0.2) is 12.1 Å². The highest BCUT2D eigenvalue weighted by atomic mass is 35.5. The first kappa shape index (κ1) is 17.4. The number of pyridine rings is 1. The number of ether oxygens (including phenoxy) is 1. The SMILES string of the molecule is CCc1cc(C(=O)NC(C(=O)OC)C(C)CC)cc(Cl)n1. The normalized spacial score (nSPS) is 13.4. The third-order valence-corrected chi connectivity index (χ3v) is 3.62. The number of halogens is 1. The van der Waals surface area contributed by atoms with Gasteiger partial charge in [-0.15, -0.1) is 0 Å². The number of carbonyl (C=O) groups is 2. The van der Waals surface area contributed by atoms with Crippen molar-refractivity contribution in [2.75, 3.05) is 7.11 Å². The number of carbonyl (C=O) groups excluding carboxylic acids is 2. The molecule has 1 aromatic rings. The smallest absolute Gasteiger partial charge is 0.328 e. The van der Waals surface area contributed by atoms with E-state index in [4.69, 9.17) is 16.3 Å². The quantitative estimate of drug-likeness (QED) is 0.647. The summed E-state index contributed by atoms with van der Waals surface area (Å²) in [4.78, 5) is 28.2. The Bertz CT molecular complexity index is 520. The van der Waals surface area contributed by atoms with Gasteiger partial charge in [-0.2, -0.15) is 0 Å². The number of nitrogens with one attached hydrogen (secondary N) is 1. The molecule has 0 fully saturated rings. The lowest BCUT2D eigenvalue weighted by Gasteiger charge is -2.22. The van der Waals surface area contributed by atoms with Crippen LogP contribution in [0.1, 0.15) is 43.2 Å². The second-order valence-electron chi connectivity index (χ2n) is 4.88. The largest absolute Gasteiger partial charge is 0.467 e. The molecule has 1 rings (SSSR count). The summed E-state index contributed by atoms with van der Waals surface area (Å²) in [6.07, 6.45) is 1.42. The summed E-state index contributed by atoms with van der Waals surface area (Å²) >= 11 is 5.91. The van der Waals surface area contributed by atoms with Crippen LogP contribution in [0.4, 0.5) is 0 Å². The van der Waals surface area contributed by atoms with Gasteiger partial charge in [-0.3, -0.25) is 4.79 Å². The maximum atomic E-state index is 12.3. The average molecular weight is 313 g/mol. The molecule has 0 bridgehead atoms. The lowest BCUT2D eigenvalue weighted by molar-refractivity contribution is -0.144. The number of esters is 1. The van der Waals surface area contributed by atoms with Crippen LogP contribution in [0.3, 0.4) is 0 Å². The molecule has 0 aliphatic carbocycles. The fourth-order valence-corrected chi connectivity index (χ4v) is 2.11. The summed E-state index contributed by atoms with van der Waals surface area (Å²) in [6, 6.07) is 2.48. The minimum absolute atomic E-state index is 0.0237. The number of rotatable bonds is 6. The number of amides is 1. The van der Waals surface area contributed by atoms with Crippen molar-refractivity contribution < 1.29 is 14.3 Å². The van der Waals surface area contributed by atoms with Crippen LogP contribution in [0.5, 0.6) is 0 Å². The molecule has 1 N–H and O–H groups in total. The first-order chi connectivity index (χ1) is 9.92. The van der Waals surface area contributed by atoms with Gasteiger partial charge in [0.15, 0.2) is 0 Å². The molecular formula is C15H21ClN2O3. The predicted molar refractivity (Wildman–Crippen MR) is 81.4 cm³/mol. The van der Waals surface area contributed by atoms with E-state index in [1.807, 2.05) is 20.8 Å². The molecule has 1 heterocycles. The van der Waals surface area contributed by atoms with Gasteiger partial charge in [0, 0.05) is 11.3 Å². The molecule has 0 saturated carbocycles. The highest BCUT2D eigenvalue weighted by Crippen LogP contribution is 2.14. The molecule has 1 amide bonds. The molecule has 0 spiro atoms. The molecule has 0 aromatic carbocycles. The van der Waals surface area contributed by atoms with Gasteiger partial charge in [-0.1, -0.05) is 38.8 Å². The van der Waals surface area contributed by atoms with Gasteiger partial charge in [0.2, 0.25) is 0 Å². The summed E-state index contributed by atoms with van der Waals surface area (Å²) in [7, 11) is 1.31. The lowest BCUT2D eigenvalue weighted by atomic mass is 9.99.